The molecule has 0 spiro atoms. The van der Waals surface area contributed by atoms with Crippen LogP contribution in [0.3, 0.4) is 0 Å². The Morgan fingerprint density at radius 1 is 1.22 bits per heavy atom. The number of nitrogens with one attached hydrogen (secondary N) is 2. The van der Waals surface area contributed by atoms with E-state index in [-0.39, 0.29) is 17.4 Å². The molecule has 9 nitrogen and oxygen atoms in total. The Morgan fingerprint density at radius 3 is 2.83 bits per heavy atom. The summed E-state index contributed by atoms with van der Waals surface area (Å²) in [6.45, 7) is 0.661. The van der Waals surface area contributed by atoms with Crippen molar-refractivity contribution in [3.63, 3.8) is 0 Å². The topological polar surface area (TPSA) is 122 Å². The lowest BCUT2D eigenvalue weighted by Gasteiger charge is -2.10. The fraction of sp³-hybridized carbons (Fsp3) is 0.182. The monoisotopic (exact) mass is 564 g/mol. The fourth-order valence-electron chi connectivity index (χ4n) is 3.10. The molecule has 0 aliphatic heterocycles. The number of aromatic nitrogens is 4. The van der Waals surface area contributed by atoms with E-state index < -0.39 is 11.8 Å². The van der Waals surface area contributed by atoms with Gasteiger partial charge in [0.1, 0.15) is 18.0 Å². The van der Waals surface area contributed by atoms with Crippen LogP contribution in [0.4, 0.5) is 15.9 Å². The van der Waals surface area contributed by atoms with E-state index >= 15 is 0 Å². The summed E-state index contributed by atoms with van der Waals surface area (Å²) in [5.74, 6) is -0.837. The second-order valence-corrected chi connectivity index (χ2v) is 10.7. The van der Waals surface area contributed by atoms with Crippen molar-refractivity contribution in [3.05, 3.63) is 63.1 Å². The van der Waals surface area contributed by atoms with Crippen LogP contribution in [0.1, 0.15) is 16.8 Å². The van der Waals surface area contributed by atoms with Gasteiger partial charge in [-0.05, 0) is 48.6 Å². The molecular formula is C22H18ClFN6O3S3. The summed E-state index contributed by atoms with van der Waals surface area (Å²) >= 11 is 13.8. The van der Waals surface area contributed by atoms with Crippen LogP contribution in [0.25, 0.3) is 10.9 Å². The van der Waals surface area contributed by atoms with Crippen LogP contribution in [0, 0.1) is 9.77 Å². The molecule has 0 unspecified atom stereocenters. The maximum atomic E-state index is 13.5. The maximum absolute atomic E-state index is 13.5. The number of halogens is 2. The van der Waals surface area contributed by atoms with E-state index in [0.717, 1.165) is 0 Å². The van der Waals surface area contributed by atoms with Gasteiger partial charge in [0.05, 0.1) is 23.5 Å². The number of anilines is 2. The third-order valence-corrected chi connectivity index (χ3v) is 7.55. The predicted octanol–water partition coefficient (Wildman–Crippen LogP) is 5.15. The average molecular weight is 565 g/mol. The summed E-state index contributed by atoms with van der Waals surface area (Å²) < 4.78 is 16.3. The van der Waals surface area contributed by atoms with Gasteiger partial charge in [-0.15, -0.1) is 0 Å². The van der Waals surface area contributed by atoms with Gasteiger partial charge in [-0.3, -0.25) is 9.59 Å². The highest BCUT2D eigenvalue weighted by Gasteiger charge is 2.12. The lowest BCUT2D eigenvalue weighted by atomic mass is 10.1. The highest BCUT2D eigenvalue weighted by atomic mass is 35.5. The molecule has 0 saturated carbocycles. The first kappa shape index (κ1) is 25.9. The van der Waals surface area contributed by atoms with Gasteiger partial charge in [0.15, 0.2) is 8.29 Å². The normalized spacial score (nSPS) is 10.9. The van der Waals surface area contributed by atoms with Crippen LogP contribution in [0.5, 0.6) is 0 Å². The molecular weight excluding hydrogens is 547 g/mol. The van der Waals surface area contributed by atoms with E-state index in [1.54, 1.807) is 22.9 Å². The molecule has 0 fully saturated rings. The maximum Gasteiger partial charge on any atom is 0.304 e. The first-order chi connectivity index (χ1) is 17.3. The number of aliphatic carboxylic acids is 1. The first-order valence-corrected chi connectivity index (χ1v) is 13.1. The van der Waals surface area contributed by atoms with Gasteiger partial charge >= 0.3 is 5.97 Å². The number of carboxylic acids is 1. The highest BCUT2D eigenvalue weighted by molar-refractivity contribution is 8.01. The van der Waals surface area contributed by atoms with E-state index in [0.29, 0.717) is 55.1 Å². The average Bonchev–Trinajstić information content (AvgIpc) is 3.20. The van der Waals surface area contributed by atoms with E-state index in [1.807, 2.05) is 0 Å². The second-order valence-electron chi connectivity index (χ2n) is 7.31. The van der Waals surface area contributed by atoms with Gasteiger partial charge in [-0.25, -0.2) is 19.0 Å². The number of rotatable bonds is 10. The molecule has 2 heterocycles. The Bertz CT molecular complexity index is 1500. The Labute approximate surface area is 222 Å². The number of thioether (sulfide) groups is 1. The third kappa shape index (κ3) is 6.55. The van der Waals surface area contributed by atoms with Gasteiger partial charge in [0.25, 0.3) is 5.91 Å². The summed E-state index contributed by atoms with van der Waals surface area (Å²) in [6, 6.07) is 9.27. The molecule has 0 aliphatic rings. The molecule has 4 aromatic rings. The number of benzene rings is 2. The van der Waals surface area contributed by atoms with Crippen LogP contribution < -0.4 is 10.6 Å². The Kier molecular flexibility index (Phi) is 8.46. The van der Waals surface area contributed by atoms with E-state index in [4.69, 9.17) is 28.9 Å². The minimum absolute atomic E-state index is 0.0235. The van der Waals surface area contributed by atoms with E-state index in [2.05, 4.69) is 25.7 Å². The number of hydrogen-bond donors (Lipinski definition) is 3. The minimum Gasteiger partial charge on any atom is -0.481 e. The molecule has 0 saturated heterocycles. The zero-order valence-corrected chi connectivity index (χ0v) is 21.6. The number of amides is 1. The van der Waals surface area contributed by atoms with Gasteiger partial charge in [-0.2, -0.15) is 5.10 Å². The molecule has 36 heavy (non-hydrogen) atoms. The molecule has 0 atom stereocenters. The SMILES string of the molecule is O=C(O)CCSc1nn(CCNC(=O)c2ccc3ncnc(Nc4ccc(F)c(Cl)c4)c3c2)c(=S)s1. The molecule has 1 amide bonds. The van der Waals surface area contributed by atoms with Crippen LogP contribution in [0.2, 0.25) is 5.02 Å². The van der Waals surface area contributed by atoms with Crippen molar-refractivity contribution in [3.8, 4) is 0 Å². The number of hydrogen-bond acceptors (Lipinski definition) is 9. The summed E-state index contributed by atoms with van der Waals surface area (Å²) in [5.41, 5.74) is 1.57. The van der Waals surface area contributed by atoms with Crippen LogP contribution >= 0.6 is 46.9 Å². The molecule has 0 bridgehead atoms. The van der Waals surface area contributed by atoms with Gasteiger partial charge < -0.3 is 15.7 Å². The largest absolute Gasteiger partial charge is 0.481 e. The Morgan fingerprint density at radius 2 is 2.06 bits per heavy atom. The van der Waals surface area contributed by atoms with Crippen LogP contribution in [-0.2, 0) is 11.3 Å². The summed E-state index contributed by atoms with van der Waals surface area (Å²) in [5, 5.41) is 19.6. The summed E-state index contributed by atoms with van der Waals surface area (Å²) in [4.78, 5) is 31.9. The molecule has 2 aromatic carbocycles. The Balaban J connectivity index is 1.41. The highest BCUT2D eigenvalue weighted by Crippen LogP contribution is 2.27. The van der Waals surface area contributed by atoms with Crippen molar-refractivity contribution in [1.82, 2.24) is 25.1 Å². The van der Waals surface area contributed by atoms with E-state index in [1.165, 1.54) is 47.6 Å². The molecule has 186 valence electrons. The number of carbonyl (C=O) groups excluding carboxylic acids is 1. The predicted molar refractivity (Wildman–Crippen MR) is 140 cm³/mol. The minimum atomic E-state index is -0.865. The second kappa shape index (κ2) is 11.7. The number of carboxylic acid groups (broad SMARTS) is 1. The zero-order valence-electron chi connectivity index (χ0n) is 18.4. The number of nitrogens with zero attached hydrogens (tertiary/aromatic N) is 4. The summed E-state index contributed by atoms with van der Waals surface area (Å²) in [6.07, 6.45) is 1.43. The molecule has 4 rings (SSSR count). The van der Waals surface area contributed by atoms with Crippen molar-refractivity contribution in [2.45, 2.75) is 17.3 Å². The van der Waals surface area contributed by atoms with Crippen molar-refractivity contribution < 1.29 is 19.1 Å². The smallest absolute Gasteiger partial charge is 0.304 e. The number of carbonyl (C=O) groups is 2. The van der Waals surface area contributed by atoms with Crippen molar-refractivity contribution >= 4 is 81.2 Å². The molecule has 14 heteroatoms. The van der Waals surface area contributed by atoms with Crippen LogP contribution in [0.15, 0.2) is 47.1 Å². The van der Waals surface area contributed by atoms with Crippen molar-refractivity contribution in [2.24, 2.45) is 0 Å². The third-order valence-electron chi connectivity index (χ3n) is 4.82. The molecule has 3 N–H and O–H groups in total. The number of fused-ring (bicyclic) bond motifs is 1. The zero-order chi connectivity index (χ0) is 25.7. The van der Waals surface area contributed by atoms with Gasteiger partial charge in [-0.1, -0.05) is 34.7 Å². The van der Waals surface area contributed by atoms with Crippen molar-refractivity contribution in [2.75, 3.05) is 17.6 Å². The Hall–Kier alpha value is -3.13. The van der Waals surface area contributed by atoms with Crippen molar-refractivity contribution in [1.29, 1.82) is 0 Å². The van der Waals surface area contributed by atoms with Crippen LogP contribution in [-0.4, -0.2) is 49.0 Å². The van der Waals surface area contributed by atoms with E-state index in [9.17, 15) is 14.0 Å². The standard InChI is InChI=1S/C22H18ClFN6O3S3/c23-15-10-13(2-3-16(15)24)28-19-14-9-12(1-4-17(14)26-11-27-19)20(33)25-6-7-30-22(34)36-21(29-30)35-8-5-18(31)32/h1-4,9-11H,5-8H2,(H,25,33)(H,31,32)(H,26,27,28). The quantitative estimate of drug-likeness (QED) is 0.177. The first-order valence-electron chi connectivity index (χ1n) is 10.5. The van der Waals surface area contributed by atoms with Gasteiger partial charge in [0.2, 0.25) is 0 Å². The fourth-order valence-corrected chi connectivity index (χ4v) is 5.66. The lowest BCUT2D eigenvalue weighted by molar-refractivity contribution is -0.136. The van der Waals surface area contributed by atoms with Gasteiger partial charge in [0, 0.05) is 28.9 Å². The molecule has 2 aromatic heterocycles. The lowest BCUT2D eigenvalue weighted by Crippen LogP contribution is -2.27. The molecule has 0 radical (unpaired) electrons. The molecule has 0 aliphatic carbocycles. The summed E-state index contributed by atoms with van der Waals surface area (Å²) in [7, 11) is 0.